The molecule has 0 atom stereocenters. The normalized spacial score (nSPS) is 10.5. The Balaban J connectivity index is 2.84. The topological polar surface area (TPSA) is 42.4 Å². The van der Waals surface area contributed by atoms with Crippen LogP contribution in [0.3, 0.4) is 0 Å². The minimum atomic E-state index is -2.63. The highest BCUT2D eigenvalue weighted by Gasteiger charge is 2.13. The summed E-state index contributed by atoms with van der Waals surface area (Å²) in [6.07, 6.45) is -1.53. The maximum absolute atomic E-state index is 12.1. The van der Waals surface area contributed by atoms with Crippen molar-refractivity contribution < 1.29 is 18.4 Å². The zero-order chi connectivity index (χ0) is 11.4. The molecule has 0 bridgehead atoms. The first-order valence-corrected chi connectivity index (χ1v) is 4.12. The van der Waals surface area contributed by atoms with Crippen LogP contribution in [-0.2, 0) is 4.84 Å². The molecule has 0 radical (unpaired) electrons. The van der Waals surface area contributed by atoms with Crippen molar-refractivity contribution in [3.05, 3.63) is 29.6 Å². The molecule has 0 saturated heterocycles. The SMILES string of the molecule is CON(C)C(=O)c1ccc(C(F)F)nc1. The lowest BCUT2D eigenvalue weighted by Gasteiger charge is -2.13. The van der Waals surface area contributed by atoms with Crippen molar-refractivity contribution in [2.24, 2.45) is 0 Å². The highest BCUT2D eigenvalue weighted by molar-refractivity contribution is 5.92. The van der Waals surface area contributed by atoms with Gasteiger partial charge in [-0.2, -0.15) is 0 Å². The quantitative estimate of drug-likeness (QED) is 0.721. The van der Waals surface area contributed by atoms with Gasteiger partial charge in [0.15, 0.2) is 0 Å². The van der Waals surface area contributed by atoms with E-state index >= 15 is 0 Å². The second-order valence-electron chi connectivity index (χ2n) is 2.76. The van der Waals surface area contributed by atoms with Gasteiger partial charge in [0.25, 0.3) is 12.3 Å². The van der Waals surface area contributed by atoms with Crippen molar-refractivity contribution in [1.29, 1.82) is 0 Å². The molecular formula is C9H10F2N2O2. The molecule has 0 spiro atoms. The molecule has 0 aromatic carbocycles. The van der Waals surface area contributed by atoms with Gasteiger partial charge < -0.3 is 0 Å². The Hall–Kier alpha value is -1.56. The Kier molecular flexibility index (Phi) is 3.68. The fraction of sp³-hybridized carbons (Fsp3) is 0.333. The van der Waals surface area contributed by atoms with E-state index in [1.807, 2.05) is 0 Å². The first kappa shape index (κ1) is 11.5. The molecule has 6 heteroatoms. The molecule has 1 amide bonds. The minimum absolute atomic E-state index is 0.198. The van der Waals surface area contributed by atoms with Crippen molar-refractivity contribution in [3.63, 3.8) is 0 Å². The zero-order valence-corrected chi connectivity index (χ0v) is 8.28. The number of amides is 1. The first-order chi connectivity index (χ1) is 7.06. The molecule has 0 saturated carbocycles. The van der Waals surface area contributed by atoms with Gasteiger partial charge >= 0.3 is 0 Å². The molecule has 1 aromatic heterocycles. The lowest BCUT2D eigenvalue weighted by Crippen LogP contribution is -2.25. The number of alkyl halides is 2. The molecule has 0 aliphatic heterocycles. The Morgan fingerprint density at radius 1 is 1.53 bits per heavy atom. The summed E-state index contributed by atoms with van der Waals surface area (Å²) in [7, 11) is 2.75. The number of pyridine rings is 1. The second kappa shape index (κ2) is 4.79. The Bertz CT molecular complexity index is 340. The van der Waals surface area contributed by atoms with E-state index in [1.54, 1.807) is 0 Å². The van der Waals surface area contributed by atoms with Crippen LogP contribution in [0.4, 0.5) is 8.78 Å². The Labute approximate surface area is 85.4 Å². The van der Waals surface area contributed by atoms with Crippen LogP contribution < -0.4 is 0 Å². The summed E-state index contributed by atoms with van der Waals surface area (Å²) < 4.78 is 24.3. The molecule has 1 aromatic rings. The molecular weight excluding hydrogens is 206 g/mol. The maximum atomic E-state index is 12.1. The van der Waals surface area contributed by atoms with Crippen molar-refractivity contribution in [3.8, 4) is 0 Å². The molecule has 15 heavy (non-hydrogen) atoms. The van der Waals surface area contributed by atoms with E-state index in [4.69, 9.17) is 0 Å². The van der Waals surface area contributed by atoms with Crippen LogP contribution in [-0.4, -0.2) is 30.1 Å². The summed E-state index contributed by atoms with van der Waals surface area (Å²) in [4.78, 5) is 19.5. The van der Waals surface area contributed by atoms with Crippen LogP contribution in [0.1, 0.15) is 22.5 Å². The average Bonchev–Trinajstić information content (AvgIpc) is 2.27. The van der Waals surface area contributed by atoms with Crippen LogP contribution in [0.5, 0.6) is 0 Å². The van der Waals surface area contributed by atoms with Crippen LogP contribution in [0.25, 0.3) is 0 Å². The van der Waals surface area contributed by atoms with Gasteiger partial charge in [0, 0.05) is 13.2 Å². The maximum Gasteiger partial charge on any atom is 0.280 e. The van der Waals surface area contributed by atoms with Gasteiger partial charge in [-0.1, -0.05) is 0 Å². The number of nitrogens with zero attached hydrogens (tertiary/aromatic N) is 2. The van der Waals surface area contributed by atoms with E-state index in [-0.39, 0.29) is 11.3 Å². The summed E-state index contributed by atoms with van der Waals surface area (Å²) in [5.74, 6) is -0.439. The van der Waals surface area contributed by atoms with E-state index in [0.717, 1.165) is 17.3 Å². The third-order valence-electron chi connectivity index (χ3n) is 1.82. The van der Waals surface area contributed by atoms with E-state index in [2.05, 4.69) is 9.82 Å². The highest BCUT2D eigenvalue weighted by Crippen LogP contribution is 2.16. The number of halogens is 2. The fourth-order valence-electron chi connectivity index (χ4n) is 0.926. The molecule has 1 rings (SSSR count). The molecule has 0 unspecified atom stereocenters. The van der Waals surface area contributed by atoms with E-state index in [0.29, 0.717) is 0 Å². The number of hydroxylamine groups is 2. The molecule has 0 N–H and O–H groups in total. The monoisotopic (exact) mass is 216 g/mol. The van der Waals surface area contributed by atoms with Crippen LogP contribution in [0.15, 0.2) is 18.3 Å². The van der Waals surface area contributed by atoms with Gasteiger partial charge in [-0.3, -0.25) is 14.6 Å². The third-order valence-corrected chi connectivity index (χ3v) is 1.82. The number of rotatable bonds is 3. The van der Waals surface area contributed by atoms with Crippen LogP contribution in [0, 0.1) is 0 Å². The van der Waals surface area contributed by atoms with Crippen molar-refractivity contribution in [1.82, 2.24) is 10.0 Å². The van der Waals surface area contributed by atoms with E-state index < -0.39 is 12.3 Å². The predicted octanol–water partition coefficient (Wildman–Crippen LogP) is 1.65. The van der Waals surface area contributed by atoms with Gasteiger partial charge in [0.1, 0.15) is 5.69 Å². The number of carbonyl (C=O) groups excluding carboxylic acids is 1. The van der Waals surface area contributed by atoms with Crippen molar-refractivity contribution in [2.45, 2.75) is 6.43 Å². The first-order valence-electron chi connectivity index (χ1n) is 4.12. The second-order valence-corrected chi connectivity index (χ2v) is 2.76. The Morgan fingerprint density at radius 3 is 2.60 bits per heavy atom. The lowest BCUT2D eigenvalue weighted by atomic mass is 10.2. The molecule has 0 aliphatic carbocycles. The standard InChI is InChI=1S/C9H10F2N2O2/c1-13(15-2)9(14)6-3-4-7(8(10)11)12-5-6/h3-5,8H,1-2H3. The summed E-state index contributed by atoms with van der Waals surface area (Å²) in [6.45, 7) is 0. The largest absolute Gasteiger partial charge is 0.280 e. The van der Waals surface area contributed by atoms with Gasteiger partial charge in [-0.15, -0.1) is 0 Å². The zero-order valence-electron chi connectivity index (χ0n) is 8.28. The van der Waals surface area contributed by atoms with Gasteiger partial charge in [-0.05, 0) is 12.1 Å². The molecule has 4 nitrogen and oxygen atoms in total. The number of carbonyl (C=O) groups is 1. The lowest BCUT2D eigenvalue weighted by molar-refractivity contribution is -0.0757. The molecule has 1 heterocycles. The summed E-state index contributed by atoms with van der Waals surface area (Å²) in [5.41, 5.74) is -0.157. The molecule has 0 aliphatic rings. The summed E-state index contributed by atoms with van der Waals surface area (Å²) >= 11 is 0. The predicted molar refractivity (Wildman–Crippen MR) is 48.3 cm³/mol. The summed E-state index contributed by atoms with van der Waals surface area (Å²) in [6, 6.07) is 2.40. The number of aromatic nitrogens is 1. The smallest absolute Gasteiger partial charge is 0.274 e. The van der Waals surface area contributed by atoms with E-state index in [1.165, 1.54) is 20.2 Å². The number of hydrogen-bond acceptors (Lipinski definition) is 3. The van der Waals surface area contributed by atoms with Gasteiger partial charge in [0.2, 0.25) is 0 Å². The van der Waals surface area contributed by atoms with Gasteiger partial charge in [0.05, 0.1) is 12.7 Å². The van der Waals surface area contributed by atoms with Crippen molar-refractivity contribution in [2.75, 3.05) is 14.2 Å². The van der Waals surface area contributed by atoms with Crippen molar-refractivity contribution >= 4 is 5.91 Å². The molecule has 82 valence electrons. The summed E-state index contributed by atoms with van der Waals surface area (Å²) in [5, 5.41) is 0.985. The molecule has 0 fully saturated rings. The van der Waals surface area contributed by atoms with Crippen LogP contribution >= 0.6 is 0 Å². The highest BCUT2D eigenvalue weighted by atomic mass is 19.3. The average molecular weight is 216 g/mol. The van der Waals surface area contributed by atoms with Gasteiger partial charge in [-0.25, -0.2) is 13.8 Å². The minimum Gasteiger partial charge on any atom is -0.274 e. The Morgan fingerprint density at radius 2 is 2.20 bits per heavy atom. The third kappa shape index (κ3) is 2.69. The van der Waals surface area contributed by atoms with Crippen LogP contribution in [0.2, 0.25) is 0 Å². The number of hydrogen-bond donors (Lipinski definition) is 0. The van der Waals surface area contributed by atoms with E-state index in [9.17, 15) is 13.6 Å². The fourth-order valence-corrected chi connectivity index (χ4v) is 0.926.